The van der Waals surface area contributed by atoms with Crippen molar-refractivity contribution in [1.29, 1.82) is 0 Å². The van der Waals surface area contributed by atoms with Gasteiger partial charge in [0.25, 0.3) is 17.7 Å². The molecule has 1 aromatic rings. The van der Waals surface area contributed by atoms with Gasteiger partial charge < -0.3 is 66.8 Å². The molecule has 86 heavy (non-hydrogen) atoms. The van der Waals surface area contributed by atoms with Crippen LogP contribution in [0, 0.1) is 11.8 Å². The summed E-state index contributed by atoms with van der Waals surface area (Å²) in [4.78, 5) is 128. The maximum Gasteiger partial charge on any atom is 0.407 e. The van der Waals surface area contributed by atoms with E-state index in [4.69, 9.17) is 35.2 Å². The van der Waals surface area contributed by atoms with Crippen LogP contribution in [0.2, 0.25) is 0 Å². The summed E-state index contributed by atoms with van der Waals surface area (Å²) in [6.07, 6.45) is 11.8. The molecule has 5 aliphatic rings. The third kappa shape index (κ3) is 20.3. The number of imide groups is 1. The molecule has 472 valence electrons. The van der Waals surface area contributed by atoms with Crippen LogP contribution in [0.25, 0.3) is 0 Å². The second kappa shape index (κ2) is 31.8. The van der Waals surface area contributed by atoms with Crippen LogP contribution < -0.4 is 43.0 Å². The van der Waals surface area contributed by atoms with Gasteiger partial charge in [-0.2, -0.15) is 0 Å². The van der Waals surface area contributed by atoms with Gasteiger partial charge in [-0.1, -0.05) is 63.1 Å². The number of rotatable bonds is 30. The normalized spacial score (nSPS) is 26.4. The second-order valence-electron chi connectivity index (χ2n) is 23.5. The second-order valence-corrected chi connectivity index (χ2v) is 23.5. The Labute approximate surface area is 502 Å². The van der Waals surface area contributed by atoms with Crippen LogP contribution in [0.3, 0.4) is 0 Å². The molecule has 1 saturated carbocycles. The van der Waals surface area contributed by atoms with Crippen molar-refractivity contribution < 1.29 is 76.7 Å². The van der Waals surface area contributed by atoms with E-state index in [9.17, 15) is 53.1 Å². The molecule has 4 fully saturated rings. The highest BCUT2D eigenvalue weighted by atomic mass is 16.6. The highest BCUT2D eigenvalue weighted by Crippen LogP contribution is 2.43. The summed E-state index contributed by atoms with van der Waals surface area (Å²) in [5.74, 6) is -3.84. The lowest BCUT2D eigenvalue weighted by atomic mass is 9.85. The van der Waals surface area contributed by atoms with Crippen LogP contribution in [0.5, 0.6) is 0 Å². The zero-order valence-electron chi connectivity index (χ0n) is 50.3. The van der Waals surface area contributed by atoms with Crippen molar-refractivity contribution in [2.24, 2.45) is 23.3 Å². The Balaban J connectivity index is 0.938. The van der Waals surface area contributed by atoms with Gasteiger partial charge in [0, 0.05) is 68.9 Å². The van der Waals surface area contributed by atoms with Crippen LogP contribution in [-0.4, -0.2) is 162 Å². The van der Waals surface area contributed by atoms with Gasteiger partial charge in [0.2, 0.25) is 23.6 Å². The highest BCUT2D eigenvalue weighted by Gasteiger charge is 2.58. The molecular weight excluding hydrogens is 1110 g/mol. The van der Waals surface area contributed by atoms with Crippen molar-refractivity contribution in [3.05, 3.63) is 77.9 Å². The first kappa shape index (κ1) is 67.6. The van der Waals surface area contributed by atoms with Gasteiger partial charge in [0.1, 0.15) is 42.6 Å². The number of amides is 10. The van der Waals surface area contributed by atoms with Gasteiger partial charge >= 0.3 is 18.1 Å². The average molecular weight is 1200 g/mol. The molecular formula is C61H87N9O16. The summed E-state index contributed by atoms with van der Waals surface area (Å²) in [7, 11) is 0. The number of primary amides is 2. The Bertz CT molecular complexity index is 2700. The number of hydrogen-bond donors (Lipinski definition) is 8. The van der Waals surface area contributed by atoms with Crippen LogP contribution in [0.15, 0.2) is 72.4 Å². The smallest absolute Gasteiger partial charge is 0.407 e. The number of aliphatic hydroxyl groups is 1. The Morgan fingerprint density at radius 2 is 1.56 bits per heavy atom. The molecule has 25 nitrogen and oxygen atoms in total. The zero-order valence-corrected chi connectivity index (χ0v) is 50.3. The van der Waals surface area contributed by atoms with Gasteiger partial charge in [0.15, 0.2) is 0 Å². The number of carbonyl (C=O) groups is 10. The molecule has 0 radical (unpaired) electrons. The molecule has 1 aliphatic carbocycles. The molecule has 0 bridgehead atoms. The number of nitrogens with one attached hydrogen (secondary N) is 5. The fraction of sp³-hybridized carbons (Fsp3) is 0.607. The minimum atomic E-state index is -1.20. The summed E-state index contributed by atoms with van der Waals surface area (Å²) in [5, 5.41) is 25.3. The molecule has 3 saturated heterocycles. The molecule has 4 heterocycles. The number of benzene rings is 1. The molecule has 1 spiro atoms. The number of allylic oxidation sites excluding steroid dienone is 2. The number of aliphatic hydroxyl groups excluding tert-OH is 1. The van der Waals surface area contributed by atoms with E-state index < -0.39 is 83.8 Å². The maximum absolute atomic E-state index is 14.5. The van der Waals surface area contributed by atoms with Gasteiger partial charge in [-0.25, -0.2) is 9.59 Å². The summed E-state index contributed by atoms with van der Waals surface area (Å²) in [6.45, 7) is 13.0. The van der Waals surface area contributed by atoms with Gasteiger partial charge in [-0.3, -0.25) is 48.2 Å². The maximum atomic E-state index is 14.5. The summed E-state index contributed by atoms with van der Waals surface area (Å²) >= 11 is 0. The first-order valence-electron chi connectivity index (χ1n) is 29.7. The van der Waals surface area contributed by atoms with E-state index in [1.165, 1.54) is 36.1 Å². The number of alkyl carbamates (subject to hydrolysis) is 1. The van der Waals surface area contributed by atoms with E-state index in [0.29, 0.717) is 63.5 Å². The monoisotopic (exact) mass is 1200 g/mol. The molecule has 0 unspecified atom stereocenters. The van der Waals surface area contributed by atoms with Crippen LogP contribution >= 0.6 is 0 Å². The van der Waals surface area contributed by atoms with Crippen LogP contribution in [0.1, 0.15) is 131 Å². The molecule has 10 amide bonds. The van der Waals surface area contributed by atoms with Crippen molar-refractivity contribution in [2.45, 2.75) is 205 Å². The zero-order chi connectivity index (χ0) is 62.8. The third-order valence-corrected chi connectivity index (χ3v) is 16.0. The topological polar surface area (TPSA) is 359 Å². The number of hydrogen-bond acceptors (Lipinski definition) is 16. The summed E-state index contributed by atoms with van der Waals surface area (Å²) in [5.41, 5.74) is 12.1. The minimum Gasteiger partial charge on any atom is -0.459 e. The van der Waals surface area contributed by atoms with E-state index in [0.717, 1.165) is 10.5 Å². The van der Waals surface area contributed by atoms with Gasteiger partial charge in [-0.05, 0) is 108 Å². The van der Waals surface area contributed by atoms with Crippen molar-refractivity contribution in [1.82, 2.24) is 31.5 Å². The molecule has 4 aliphatic heterocycles. The van der Waals surface area contributed by atoms with Gasteiger partial charge in [-0.15, -0.1) is 0 Å². The predicted molar refractivity (Wildman–Crippen MR) is 314 cm³/mol. The Hall–Kier alpha value is -7.48. The number of urea groups is 1. The number of epoxide rings is 1. The fourth-order valence-electron chi connectivity index (χ4n) is 11.0. The lowest BCUT2D eigenvalue weighted by molar-refractivity contribution is -0.146. The largest absolute Gasteiger partial charge is 0.459 e. The lowest BCUT2D eigenvalue weighted by Crippen LogP contribution is -2.57. The first-order chi connectivity index (χ1) is 40.8. The number of unbranched alkanes of at least 4 members (excludes halogenated alkanes) is 2. The molecule has 0 aromatic heterocycles. The van der Waals surface area contributed by atoms with E-state index in [1.807, 2.05) is 19.9 Å². The number of ether oxygens (including phenoxy) is 5. The van der Waals surface area contributed by atoms with Crippen molar-refractivity contribution in [3.8, 4) is 0 Å². The third-order valence-electron chi connectivity index (χ3n) is 16.0. The van der Waals surface area contributed by atoms with Crippen LogP contribution in [-0.2, 0) is 68.6 Å². The number of esters is 1. The number of carbonyl (C=O) groups excluding carboxylic acids is 10. The lowest BCUT2D eigenvalue weighted by Gasteiger charge is -2.39. The Morgan fingerprint density at radius 3 is 2.20 bits per heavy atom. The van der Waals surface area contributed by atoms with Gasteiger partial charge in [0.05, 0.1) is 37.4 Å². The molecule has 6 rings (SSSR count). The fourth-order valence-corrected chi connectivity index (χ4v) is 11.0. The van der Waals surface area contributed by atoms with Crippen molar-refractivity contribution in [3.63, 3.8) is 0 Å². The minimum absolute atomic E-state index is 0.0390. The van der Waals surface area contributed by atoms with Crippen molar-refractivity contribution >= 4 is 65.1 Å². The van der Waals surface area contributed by atoms with E-state index in [2.05, 4.69) is 39.6 Å². The highest BCUT2D eigenvalue weighted by molar-refractivity contribution is 6.12. The van der Waals surface area contributed by atoms with E-state index in [-0.39, 0.29) is 111 Å². The Morgan fingerprint density at radius 1 is 0.872 bits per heavy atom. The SMILES string of the molecule is CC(=O)O[C@@H](C)/C=C\C(=O)N[C@@H]1C[C@H](C)[C@H](C/C=C(\C)C=C[C@H]2O[C@H](CC(=O)NC3CC(NC(=O)OCc4ccc(N(C(=O)[C@@H](NC(=O)CCCCCN5C(=O)C=CC5=O)C(C)C)[C@@H](CCCNC(N)=O)C(N)=O)cc4)C3)C[C@@]3(CO3)[C@@H]2O)O[C@@H]1C. The standard InChI is InChI=1S/C61H87N9O16/c1-35(2)55(68-50(72)13-9-8-10-27-69-53(75)24-25-54(69)76)58(79)70(47(57(62)78)12-11-26-64-59(63)80)44-19-17-41(18-20-44)33-82-60(81)66-43-29-42(30-43)65-52(74)31-45-32-61(34-83-61)56(77)49(86-45)22-15-36(3)14-21-48-37(4)28-46(39(6)85-48)67-51(73)23-16-38(5)84-40(7)71/h14-20,22-25,35,37-39,42-43,45-49,55-56,77H,8-13,21,26-34H2,1-7H3,(H2,62,78)(H,65,74)(H,66,81)(H,67,73)(H,68,72)(H3,63,64,80)/b22-15?,23-16-,36-14+/t37-,38-,39+,42?,43?,45+,46+,47-,48-,49+,55-,56+,61+/m0/s1. The number of nitrogens with zero attached hydrogens (tertiary/aromatic N) is 2. The summed E-state index contributed by atoms with van der Waals surface area (Å²) in [6, 6.07) is 2.68. The first-order valence-corrected chi connectivity index (χ1v) is 29.7. The predicted octanol–water partition coefficient (Wildman–Crippen LogP) is 3.20. The molecule has 1 aromatic carbocycles. The Kier molecular flexibility index (Phi) is 25.0. The van der Waals surface area contributed by atoms with E-state index in [1.54, 1.807) is 51.1 Å². The van der Waals surface area contributed by atoms with Crippen LogP contribution in [0.4, 0.5) is 15.3 Å². The quantitative estimate of drug-likeness (QED) is 0.0137. The van der Waals surface area contributed by atoms with E-state index >= 15 is 0 Å². The molecule has 11 atom stereocenters. The summed E-state index contributed by atoms with van der Waals surface area (Å²) < 4.78 is 28.9. The number of nitrogens with two attached hydrogens (primary N) is 2. The molecule has 10 N–H and O–H groups in total. The van der Waals surface area contributed by atoms with Crippen molar-refractivity contribution in [2.75, 3.05) is 24.6 Å². The number of anilines is 1. The average Bonchev–Trinajstić information content (AvgIpc) is 1.70. The molecule has 25 heteroatoms.